The van der Waals surface area contributed by atoms with Crippen LogP contribution in [0.3, 0.4) is 0 Å². The Morgan fingerprint density at radius 2 is 2.22 bits per heavy atom. The largest absolute Gasteiger partial charge is 0.478 e. The van der Waals surface area contributed by atoms with Gasteiger partial charge in [-0.3, -0.25) is 0 Å². The third-order valence-corrected chi connectivity index (χ3v) is 3.61. The Balaban J connectivity index is 2.26. The van der Waals surface area contributed by atoms with Crippen LogP contribution < -0.4 is 5.32 Å². The van der Waals surface area contributed by atoms with E-state index < -0.39 is 11.8 Å². The molecule has 0 saturated carbocycles. The fraction of sp³-hybridized carbons (Fsp3) is 0.154. The Bertz CT molecular complexity index is 554. The molecule has 0 aliphatic carbocycles. The quantitative estimate of drug-likeness (QED) is 0.885. The van der Waals surface area contributed by atoms with Crippen LogP contribution in [0.1, 0.15) is 28.2 Å². The maximum absolute atomic E-state index is 13.0. The van der Waals surface area contributed by atoms with E-state index in [1.54, 1.807) is 11.3 Å². The standard InChI is InChI=1S/C13H12FNO2S/c1-8(12-3-2-6-18-12)15-11-5-4-9(14)7-10(11)13(16)17/h2-8,15H,1H3,(H,16,17). The summed E-state index contributed by atoms with van der Waals surface area (Å²) in [7, 11) is 0. The van der Waals surface area contributed by atoms with Gasteiger partial charge >= 0.3 is 5.97 Å². The summed E-state index contributed by atoms with van der Waals surface area (Å²) in [4.78, 5) is 12.1. The van der Waals surface area contributed by atoms with E-state index in [1.807, 2.05) is 24.4 Å². The zero-order valence-corrected chi connectivity index (χ0v) is 10.5. The zero-order chi connectivity index (χ0) is 13.1. The second-order valence-corrected chi connectivity index (χ2v) is 4.86. The highest BCUT2D eigenvalue weighted by atomic mass is 32.1. The topological polar surface area (TPSA) is 49.3 Å². The van der Waals surface area contributed by atoms with Crippen molar-refractivity contribution < 1.29 is 14.3 Å². The summed E-state index contributed by atoms with van der Waals surface area (Å²) in [5, 5.41) is 14.1. The molecule has 1 aromatic carbocycles. The van der Waals surface area contributed by atoms with Crippen LogP contribution in [0.2, 0.25) is 0 Å². The minimum absolute atomic E-state index is 0.0199. The molecule has 0 radical (unpaired) electrons. The predicted octanol–water partition coefficient (Wildman–Crippen LogP) is 3.76. The minimum Gasteiger partial charge on any atom is -0.478 e. The number of carboxylic acids is 1. The van der Waals surface area contributed by atoms with Crippen molar-refractivity contribution in [2.24, 2.45) is 0 Å². The Morgan fingerprint density at radius 1 is 1.44 bits per heavy atom. The average Bonchev–Trinajstić information content (AvgIpc) is 2.84. The van der Waals surface area contributed by atoms with Crippen molar-refractivity contribution in [2.75, 3.05) is 5.32 Å². The van der Waals surface area contributed by atoms with Gasteiger partial charge in [0.2, 0.25) is 0 Å². The number of anilines is 1. The van der Waals surface area contributed by atoms with E-state index in [0.717, 1.165) is 10.9 Å². The minimum atomic E-state index is -1.14. The molecule has 0 fully saturated rings. The molecular weight excluding hydrogens is 253 g/mol. The van der Waals surface area contributed by atoms with Gasteiger partial charge in [0.25, 0.3) is 0 Å². The van der Waals surface area contributed by atoms with E-state index in [2.05, 4.69) is 5.32 Å². The van der Waals surface area contributed by atoms with Gasteiger partial charge in [-0.1, -0.05) is 6.07 Å². The highest BCUT2D eigenvalue weighted by Gasteiger charge is 2.14. The van der Waals surface area contributed by atoms with Crippen molar-refractivity contribution in [3.63, 3.8) is 0 Å². The maximum atomic E-state index is 13.0. The Kier molecular flexibility index (Phi) is 3.62. The summed E-state index contributed by atoms with van der Waals surface area (Å²) in [6.07, 6.45) is 0. The molecule has 0 bridgehead atoms. The van der Waals surface area contributed by atoms with Crippen molar-refractivity contribution in [3.05, 3.63) is 52.0 Å². The summed E-state index contributed by atoms with van der Waals surface area (Å²) in [6, 6.07) is 7.59. The first-order valence-electron chi connectivity index (χ1n) is 5.40. The van der Waals surface area contributed by atoms with Gasteiger partial charge in [-0.05, 0) is 36.6 Å². The molecule has 2 rings (SSSR count). The molecule has 5 heteroatoms. The lowest BCUT2D eigenvalue weighted by molar-refractivity contribution is 0.0697. The Morgan fingerprint density at radius 3 is 2.83 bits per heavy atom. The first-order valence-corrected chi connectivity index (χ1v) is 6.28. The van der Waals surface area contributed by atoms with Crippen LogP contribution in [0.15, 0.2) is 35.7 Å². The van der Waals surface area contributed by atoms with E-state index in [1.165, 1.54) is 12.1 Å². The monoisotopic (exact) mass is 265 g/mol. The zero-order valence-electron chi connectivity index (χ0n) is 9.68. The molecule has 1 heterocycles. The lowest BCUT2D eigenvalue weighted by atomic mass is 10.1. The first kappa shape index (κ1) is 12.6. The molecule has 1 aromatic heterocycles. The van der Waals surface area contributed by atoms with Crippen LogP contribution in [0.25, 0.3) is 0 Å². The summed E-state index contributed by atoms with van der Waals surface area (Å²) in [6.45, 7) is 1.93. The smallest absolute Gasteiger partial charge is 0.337 e. The van der Waals surface area contributed by atoms with Crippen LogP contribution in [0, 0.1) is 5.82 Å². The van der Waals surface area contributed by atoms with Crippen molar-refractivity contribution in [1.29, 1.82) is 0 Å². The molecule has 1 atom stereocenters. The SMILES string of the molecule is CC(Nc1ccc(F)cc1C(=O)O)c1cccs1. The first-order chi connectivity index (χ1) is 8.58. The van der Waals surface area contributed by atoms with Crippen LogP contribution in [-0.2, 0) is 0 Å². The second-order valence-electron chi connectivity index (χ2n) is 3.88. The molecule has 0 aliphatic rings. The van der Waals surface area contributed by atoms with Gasteiger partial charge < -0.3 is 10.4 Å². The molecule has 0 saturated heterocycles. The van der Waals surface area contributed by atoms with Gasteiger partial charge in [0.05, 0.1) is 11.6 Å². The molecule has 2 N–H and O–H groups in total. The van der Waals surface area contributed by atoms with Gasteiger partial charge in [-0.25, -0.2) is 9.18 Å². The number of carbonyl (C=O) groups is 1. The van der Waals surface area contributed by atoms with Gasteiger partial charge in [-0.2, -0.15) is 0 Å². The summed E-state index contributed by atoms with van der Waals surface area (Å²) in [5.41, 5.74) is 0.364. The molecule has 0 amide bonds. The molecule has 94 valence electrons. The number of hydrogen-bond donors (Lipinski definition) is 2. The van der Waals surface area contributed by atoms with Gasteiger partial charge in [0.1, 0.15) is 5.82 Å². The fourth-order valence-corrected chi connectivity index (χ4v) is 2.40. The summed E-state index contributed by atoms with van der Waals surface area (Å²) in [5.74, 6) is -1.70. The second kappa shape index (κ2) is 5.18. The summed E-state index contributed by atoms with van der Waals surface area (Å²) < 4.78 is 13.0. The van der Waals surface area contributed by atoms with Crippen molar-refractivity contribution in [2.45, 2.75) is 13.0 Å². The molecular formula is C13H12FNO2S. The van der Waals surface area contributed by atoms with Crippen LogP contribution >= 0.6 is 11.3 Å². The number of halogens is 1. The number of benzene rings is 1. The van der Waals surface area contributed by atoms with Crippen molar-refractivity contribution >= 4 is 23.0 Å². The van der Waals surface area contributed by atoms with E-state index in [0.29, 0.717) is 5.69 Å². The molecule has 0 spiro atoms. The van der Waals surface area contributed by atoms with Crippen LogP contribution in [0.4, 0.5) is 10.1 Å². The molecule has 3 nitrogen and oxygen atoms in total. The molecule has 18 heavy (non-hydrogen) atoms. The lowest BCUT2D eigenvalue weighted by Crippen LogP contribution is -2.10. The maximum Gasteiger partial charge on any atom is 0.337 e. The number of thiophene rings is 1. The number of carboxylic acid groups (broad SMARTS) is 1. The third kappa shape index (κ3) is 2.68. The van der Waals surface area contributed by atoms with E-state index in [9.17, 15) is 9.18 Å². The predicted molar refractivity (Wildman–Crippen MR) is 69.7 cm³/mol. The number of aromatic carboxylic acids is 1. The van der Waals surface area contributed by atoms with Gasteiger partial charge in [-0.15, -0.1) is 11.3 Å². The third-order valence-electron chi connectivity index (χ3n) is 2.55. The highest BCUT2D eigenvalue weighted by Crippen LogP contribution is 2.25. The average molecular weight is 265 g/mol. The van der Waals surface area contributed by atoms with Crippen molar-refractivity contribution in [3.8, 4) is 0 Å². The van der Waals surface area contributed by atoms with Gasteiger partial charge in [0, 0.05) is 10.6 Å². The van der Waals surface area contributed by atoms with Gasteiger partial charge in [0.15, 0.2) is 0 Å². The molecule has 2 aromatic rings. The van der Waals surface area contributed by atoms with E-state index in [-0.39, 0.29) is 11.6 Å². The molecule has 0 aliphatic heterocycles. The van der Waals surface area contributed by atoms with Crippen molar-refractivity contribution in [1.82, 2.24) is 0 Å². The lowest BCUT2D eigenvalue weighted by Gasteiger charge is -2.15. The molecule has 1 unspecified atom stereocenters. The highest BCUT2D eigenvalue weighted by molar-refractivity contribution is 7.10. The Hall–Kier alpha value is -1.88. The number of nitrogens with one attached hydrogen (secondary N) is 1. The van der Waals surface area contributed by atoms with E-state index in [4.69, 9.17) is 5.11 Å². The summed E-state index contributed by atoms with van der Waals surface area (Å²) >= 11 is 1.58. The van der Waals surface area contributed by atoms with E-state index >= 15 is 0 Å². The van der Waals surface area contributed by atoms with Crippen LogP contribution in [0.5, 0.6) is 0 Å². The number of hydrogen-bond acceptors (Lipinski definition) is 3. The van der Waals surface area contributed by atoms with Crippen LogP contribution in [-0.4, -0.2) is 11.1 Å². The fourth-order valence-electron chi connectivity index (χ4n) is 1.66. The number of rotatable bonds is 4. The Labute approximate surface area is 108 Å². The normalized spacial score (nSPS) is 12.1.